The summed E-state index contributed by atoms with van der Waals surface area (Å²) < 4.78 is 10.5. The van der Waals surface area contributed by atoms with Crippen molar-refractivity contribution >= 4 is 12.0 Å². The summed E-state index contributed by atoms with van der Waals surface area (Å²) >= 11 is 0. The van der Waals surface area contributed by atoms with Gasteiger partial charge in [-0.15, -0.1) is 0 Å². The van der Waals surface area contributed by atoms with Gasteiger partial charge in [0.1, 0.15) is 11.5 Å². The van der Waals surface area contributed by atoms with Crippen molar-refractivity contribution in [1.82, 2.24) is 10.2 Å². The van der Waals surface area contributed by atoms with E-state index in [9.17, 15) is 14.7 Å². The molecule has 2 aliphatic rings. The highest BCUT2D eigenvalue weighted by atomic mass is 16.5. The molecule has 2 fully saturated rings. The van der Waals surface area contributed by atoms with Crippen LogP contribution >= 0.6 is 0 Å². The van der Waals surface area contributed by atoms with Crippen molar-refractivity contribution in [2.24, 2.45) is 11.3 Å². The smallest absolute Gasteiger partial charge is 0.317 e. The Labute approximate surface area is 146 Å². The molecule has 2 amide bonds. The highest BCUT2D eigenvalue weighted by molar-refractivity contribution is 5.80. The van der Waals surface area contributed by atoms with Gasteiger partial charge in [-0.1, -0.05) is 6.42 Å². The summed E-state index contributed by atoms with van der Waals surface area (Å²) in [7, 11) is 3.16. The number of amides is 2. The largest absolute Gasteiger partial charge is 0.497 e. The maximum Gasteiger partial charge on any atom is 0.317 e. The molecule has 2 N–H and O–H groups in total. The zero-order valence-electron chi connectivity index (χ0n) is 14.6. The number of hydrogen-bond acceptors (Lipinski definition) is 4. The molecular formula is C18H24N2O5. The van der Waals surface area contributed by atoms with E-state index < -0.39 is 11.4 Å². The standard InChI is InChI=1S/C18H24N2O5/c1-24-14-5-6-15(25-2)12(8-14)9-19-17(23)20-10-13-4-3-7-18(13,11-20)16(21)22/h5-6,8,13H,3-4,7,9-11H2,1-2H3,(H,19,23)(H,21,22)/t13-,18+/m0/s1. The van der Waals surface area contributed by atoms with Gasteiger partial charge in [0.2, 0.25) is 0 Å². The van der Waals surface area contributed by atoms with Gasteiger partial charge >= 0.3 is 12.0 Å². The number of carboxylic acids is 1. The number of nitrogens with one attached hydrogen (secondary N) is 1. The van der Waals surface area contributed by atoms with E-state index in [0.717, 1.165) is 18.4 Å². The third-order valence-electron chi connectivity index (χ3n) is 5.50. The maximum atomic E-state index is 12.5. The molecule has 1 heterocycles. The lowest BCUT2D eigenvalue weighted by Gasteiger charge is -2.23. The molecule has 3 rings (SSSR count). The van der Waals surface area contributed by atoms with E-state index in [0.29, 0.717) is 31.0 Å². The SMILES string of the molecule is COc1ccc(OC)c(CNC(=O)N2C[C@@H]3CCC[C@@]3(C(=O)O)C2)c1. The number of nitrogens with zero attached hydrogens (tertiary/aromatic N) is 1. The molecule has 25 heavy (non-hydrogen) atoms. The van der Waals surface area contributed by atoms with Crippen LogP contribution in [-0.4, -0.2) is 49.3 Å². The second-order valence-electron chi connectivity index (χ2n) is 6.77. The quantitative estimate of drug-likeness (QED) is 0.851. The first-order valence-electron chi connectivity index (χ1n) is 8.47. The molecule has 0 unspecified atom stereocenters. The second-order valence-corrected chi connectivity index (χ2v) is 6.77. The highest BCUT2D eigenvalue weighted by Crippen LogP contribution is 2.48. The molecule has 0 spiro atoms. The molecule has 0 radical (unpaired) electrons. The molecule has 1 aromatic carbocycles. The van der Waals surface area contributed by atoms with Crippen molar-refractivity contribution in [2.75, 3.05) is 27.3 Å². The number of hydrogen-bond donors (Lipinski definition) is 2. The fourth-order valence-corrected chi connectivity index (χ4v) is 4.10. The number of carboxylic acid groups (broad SMARTS) is 1. The third kappa shape index (κ3) is 3.10. The van der Waals surface area contributed by atoms with Gasteiger partial charge in [0.25, 0.3) is 0 Å². The van der Waals surface area contributed by atoms with Crippen molar-refractivity contribution in [1.29, 1.82) is 0 Å². The van der Waals surface area contributed by atoms with Gasteiger partial charge in [0.05, 0.1) is 19.6 Å². The Kier molecular flexibility index (Phi) is 4.74. The van der Waals surface area contributed by atoms with E-state index in [1.165, 1.54) is 0 Å². The van der Waals surface area contributed by atoms with E-state index in [1.807, 2.05) is 6.07 Å². The normalized spacial score (nSPS) is 24.7. The van der Waals surface area contributed by atoms with E-state index >= 15 is 0 Å². The maximum absolute atomic E-state index is 12.5. The summed E-state index contributed by atoms with van der Waals surface area (Å²) in [6.45, 7) is 1.09. The Balaban J connectivity index is 1.65. The number of benzene rings is 1. The van der Waals surface area contributed by atoms with Crippen LogP contribution in [0, 0.1) is 11.3 Å². The third-order valence-corrected chi connectivity index (χ3v) is 5.50. The molecule has 1 aromatic rings. The second kappa shape index (κ2) is 6.82. The number of urea groups is 1. The number of ether oxygens (including phenoxy) is 2. The Morgan fingerprint density at radius 3 is 2.80 bits per heavy atom. The molecular weight excluding hydrogens is 324 g/mol. The minimum Gasteiger partial charge on any atom is -0.497 e. The molecule has 1 aliphatic heterocycles. The molecule has 0 aromatic heterocycles. The number of methoxy groups -OCH3 is 2. The molecule has 1 saturated heterocycles. The number of aliphatic carboxylic acids is 1. The first-order chi connectivity index (χ1) is 12.0. The van der Waals surface area contributed by atoms with Gasteiger partial charge in [-0.25, -0.2) is 4.79 Å². The van der Waals surface area contributed by atoms with Crippen LogP contribution in [-0.2, 0) is 11.3 Å². The number of fused-ring (bicyclic) bond motifs is 1. The zero-order chi connectivity index (χ0) is 18.0. The number of rotatable bonds is 5. The van der Waals surface area contributed by atoms with Crippen LogP contribution in [0.3, 0.4) is 0 Å². The van der Waals surface area contributed by atoms with Crippen LogP contribution in [0.15, 0.2) is 18.2 Å². The Morgan fingerprint density at radius 1 is 1.36 bits per heavy atom. The van der Waals surface area contributed by atoms with Crippen molar-refractivity contribution < 1.29 is 24.2 Å². The van der Waals surface area contributed by atoms with Crippen molar-refractivity contribution in [3.8, 4) is 11.5 Å². The van der Waals surface area contributed by atoms with Crippen LogP contribution in [0.25, 0.3) is 0 Å². The molecule has 2 atom stereocenters. The fraction of sp³-hybridized carbons (Fsp3) is 0.556. The summed E-state index contributed by atoms with van der Waals surface area (Å²) in [6.07, 6.45) is 2.45. The summed E-state index contributed by atoms with van der Waals surface area (Å²) in [4.78, 5) is 25.9. The first kappa shape index (κ1) is 17.4. The van der Waals surface area contributed by atoms with E-state index in [4.69, 9.17) is 9.47 Å². The van der Waals surface area contributed by atoms with Gasteiger partial charge in [0.15, 0.2) is 0 Å². The van der Waals surface area contributed by atoms with Crippen LogP contribution in [0.2, 0.25) is 0 Å². The van der Waals surface area contributed by atoms with Crippen LogP contribution < -0.4 is 14.8 Å². The first-order valence-corrected chi connectivity index (χ1v) is 8.47. The van der Waals surface area contributed by atoms with Gasteiger partial charge < -0.3 is 24.8 Å². The summed E-state index contributed by atoms with van der Waals surface area (Å²) in [5.74, 6) is 0.633. The van der Waals surface area contributed by atoms with Gasteiger partial charge in [-0.05, 0) is 37.0 Å². The van der Waals surface area contributed by atoms with E-state index in [1.54, 1.807) is 31.3 Å². The lowest BCUT2D eigenvalue weighted by Crippen LogP contribution is -2.41. The van der Waals surface area contributed by atoms with Crippen molar-refractivity contribution in [3.05, 3.63) is 23.8 Å². The molecule has 1 aliphatic carbocycles. The fourth-order valence-electron chi connectivity index (χ4n) is 4.10. The van der Waals surface area contributed by atoms with Crippen molar-refractivity contribution in [3.63, 3.8) is 0 Å². The monoisotopic (exact) mass is 348 g/mol. The number of carbonyl (C=O) groups is 2. The topological polar surface area (TPSA) is 88.1 Å². The van der Waals surface area contributed by atoms with Crippen LogP contribution in [0.1, 0.15) is 24.8 Å². The summed E-state index contributed by atoms with van der Waals surface area (Å²) in [6, 6.07) is 5.17. The van der Waals surface area contributed by atoms with E-state index in [2.05, 4.69) is 5.32 Å². The molecule has 7 nitrogen and oxygen atoms in total. The summed E-state index contributed by atoms with van der Waals surface area (Å²) in [5, 5.41) is 12.5. The van der Waals surface area contributed by atoms with Crippen molar-refractivity contribution in [2.45, 2.75) is 25.8 Å². The lowest BCUT2D eigenvalue weighted by molar-refractivity contribution is -0.149. The zero-order valence-corrected chi connectivity index (χ0v) is 14.6. The minimum absolute atomic E-state index is 0.0575. The predicted molar refractivity (Wildman–Crippen MR) is 90.8 cm³/mol. The Morgan fingerprint density at radius 2 is 2.16 bits per heavy atom. The van der Waals surface area contributed by atoms with Gasteiger partial charge in [0, 0.05) is 25.2 Å². The average Bonchev–Trinajstić information content (AvgIpc) is 3.17. The Bertz CT molecular complexity index is 677. The van der Waals surface area contributed by atoms with Crippen LogP contribution in [0.4, 0.5) is 4.79 Å². The minimum atomic E-state index is -0.778. The summed E-state index contributed by atoms with van der Waals surface area (Å²) in [5.41, 5.74) is 0.0490. The molecule has 1 saturated carbocycles. The highest BCUT2D eigenvalue weighted by Gasteiger charge is 2.55. The molecule has 7 heteroatoms. The molecule has 0 bridgehead atoms. The van der Waals surface area contributed by atoms with Gasteiger partial charge in [-0.3, -0.25) is 4.79 Å². The van der Waals surface area contributed by atoms with E-state index in [-0.39, 0.29) is 18.5 Å². The predicted octanol–water partition coefficient (Wildman–Crippen LogP) is 2.10. The number of likely N-dealkylation sites (tertiary alicyclic amines) is 1. The average molecular weight is 348 g/mol. The Hall–Kier alpha value is -2.44. The lowest BCUT2D eigenvalue weighted by atomic mass is 9.81. The number of carbonyl (C=O) groups excluding carboxylic acids is 1. The van der Waals surface area contributed by atoms with Crippen LogP contribution in [0.5, 0.6) is 11.5 Å². The molecule has 136 valence electrons. The van der Waals surface area contributed by atoms with Gasteiger partial charge in [-0.2, -0.15) is 0 Å².